The summed E-state index contributed by atoms with van der Waals surface area (Å²) in [5, 5.41) is 13.6. The maximum absolute atomic E-state index is 11.3. The molecule has 1 saturated heterocycles. The van der Waals surface area contributed by atoms with E-state index in [-0.39, 0.29) is 5.76 Å². The summed E-state index contributed by atoms with van der Waals surface area (Å²) >= 11 is 1.98. The molecule has 2 N–H and O–H groups in total. The minimum Gasteiger partial charge on any atom is -0.475 e. The highest BCUT2D eigenvalue weighted by molar-refractivity contribution is 7.99. The summed E-state index contributed by atoms with van der Waals surface area (Å²) in [7, 11) is 0. The minimum atomic E-state index is -1.00. The summed E-state index contributed by atoms with van der Waals surface area (Å²) in [6.45, 7) is 0.550. The quantitative estimate of drug-likeness (QED) is 0.906. The van der Waals surface area contributed by atoms with E-state index in [1.807, 2.05) is 36.0 Å². The van der Waals surface area contributed by atoms with Crippen molar-refractivity contribution in [3.05, 3.63) is 35.6 Å². The van der Waals surface area contributed by atoms with Gasteiger partial charge in [0, 0.05) is 23.5 Å². The summed E-state index contributed by atoms with van der Waals surface area (Å²) in [6.07, 6.45) is 2.28. The molecule has 2 aromatic rings. The Labute approximate surface area is 121 Å². The lowest BCUT2D eigenvalue weighted by Crippen LogP contribution is -2.32. The third kappa shape index (κ3) is 2.69. The zero-order chi connectivity index (χ0) is 13.9. The number of thioether (sulfide) groups is 1. The van der Waals surface area contributed by atoms with Gasteiger partial charge in [-0.05, 0) is 30.4 Å². The predicted molar refractivity (Wildman–Crippen MR) is 80.4 cm³/mol. The van der Waals surface area contributed by atoms with Crippen LogP contribution in [0, 0.1) is 0 Å². The number of hydrogen-bond acceptors (Lipinski definition) is 4. The number of nitrogens with one attached hydrogen (secondary N) is 1. The van der Waals surface area contributed by atoms with Crippen LogP contribution < -0.4 is 5.32 Å². The van der Waals surface area contributed by atoms with E-state index in [4.69, 9.17) is 4.42 Å². The first-order chi connectivity index (χ1) is 9.75. The van der Waals surface area contributed by atoms with Crippen LogP contribution in [-0.4, -0.2) is 28.6 Å². The molecule has 0 bridgehead atoms. The first kappa shape index (κ1) is 13.5. The average molecular weight is 291 g/mol. The van der Waals surface area contributed by atoms with E-state index >= 15 is 0 Å². The molecule has 3 rings (SSSR count). The van der Waals surface area contributed by atoms with Crippen LogP contribution in [0.25, 0.3) is 11.0 Å². The maximum Gasteiger partial charge on any atom is 0.372 e. The number of carboxylic acid groups (broad SMARTS) is 1. The number of fused-ring (bicyclic) bond motifs is 1. The van der Waals surface area contributed by atoms with Crippen molar-refractivity contribution in [1.82, 2.24) is 5.32 Å². The Bertz CT molecular complexity index is 617. The molecule has 0 amide bonds. The molecule has 4 nitrogen and oxygen atoms in total. The molecule has 106 valence electrons. The van der Waals surface area contributed by atoms with Gasteiger partial charge >= 0.3 is 5.97 Å². The molecule has 2 heterocycles. The monoisotopic (exact) mass is 291 g/mol. The largest absolute Gasteiger partial charge is 0.475 e. The molecule has 1 aromatic heterocycles. The molecule has 1 aliphatic rings. The third-order valence-electron chi connectivity index (χ3n) is 3.68. The summed E-state index contributed by atoms with van der Waals surface area (Å²) < 4.78 is 5.46. The van der Waals surface area contributed by atoms with E-state index in [1.165, 1.54) is 11.5 Å². The molecule has 1 aromatic carbocycles. The summed E-state index contributed by atoms with van der Waals surface area (Å²) in [4.78, 5) is 11.3. The van der Waals surface area contributed by atoms with Crippen LogP contribution in [0.1, 0.15) is 29.0 Å². The first-order valence-corrected chi connectivity index (χ1v) is 7.96. The van der Waals surface area contributed by atoms with Crippen molar-refractivity contribution in [1.29, 1.82) is 0 Å². The van der Waals surface area contributed by atoms with Crippen LogP contribution in [0.4, 0.5) is 0 Å². The fraction of sp³-hybridized carbons (Fsp3) is 0.400. The summed E-state index contributed by atoms with van der Waals surface area (Å²) in [5.41, 5.74) is 1.40. The molecular weight excluding hydrogens is 274 g/mol. The Morgan fingerprint density at radius 2 is 2.10 bits per heavy atom. The van der Waals surface area contributed by atoms with Gasteiger partial charge in [-0.1, -0.05) is 18.2 Å². The molecular formula is C15H17NO3S. The number of carbonyl (C=O) groups is 1. The predicted octanol–water partition coefficient (Wildman–Crippen LogP) is 3.12. The van der Waals surface area contributed by atoms with Gasteiger partial charge in [0.05, 0.1) is 0 Å². The van der Waals surface area contributed by atoms with Crippen LogP contribution in [0.5, 0.6) is 0 Å². The topological polar surface area (TPSA) is 62.5 Å². The van der Waals surface area contributed by atoms with Crippen molar-refractivity contribution < 1.29 is 14.3 Å². The molecule has 0 atom stereocenters. The van der Waals surface area contributed by atoms with Crippen LogP contribution in [0.15, 0.2) is 28.7 Å². The smallest absolute Gasteiger partial charge is 0.372 e. The normalized spacial score (nSPS) is 16.6. The highest BCUT2D eigenvalue weighted by Crippen LogP contribution is 2.26. The van der Waals surface area contributed by atoms with E-state index in [9.17, 15) is 9.90 Å². The van der Waals surface area contributed by atoms with Gasteiger partial charge in [0.25, 0.3) is 0 Å². The fourth-order valence-electron chi connectivity index (χ4n) is 2.60. The summed E-state index contributed by atoms with van der Waals surface area (Å²) in [5.74, 6) is 1.41. The zero-order valence-corrected chi connectivity index (χ0v) is 11.9. The Morgan fingerprint density at radius 1 is 1.35 bits per heavy atom. The second kappa shape index (κ2) is 5.89. The Morgan fingerprint density at radius 3 is 2.85 bits per heavy atom. The Balaban J connectivity index is 1.84. The van der Waals surface area contributed by atoms with Gasteiger partial charge in [-0.15, -0.1) is 0 Å². The van der Waals surface area contributed by atoms with E-state index in [0.717, 1.165) is 23.8 Å². The van der Waals surface area contributed by atoms with Gasteiger partial charge in [0.15, 0.2) is 0 Å². The average Bonchev–Trinajstić information content (AvgIpc) is 2.85. The molecule has 0 saturated carbocycles. The molecule has 0 radical (unpaired) electrons. The van der Waals surface area contributed by atoms with Crippen LogP contribution in [0.3, 0.4) is 0 Å². The SMILES string of the molecule is O=C(O)c1oc2ccccc2c1CNC1CCSCC1. The van der Waals surface area contributed by atoms with Crippen LogP contribution >= 0.6 is 11.8 Å². The number of furan rings is 1. The van der Waals surface area contributed by atoms with E-state index in [2.05, 4.69) is 5.32 Å². The van der Waals surface area contributed by atoms with E-state index < -0.39 is 5.97 Å². The third-order valence-corrected chi connectivity index (χ3v) is 4.73. The van der Waals surface area contributed by atoms with Crippen molar-refractivity contribution >= 4 is 28.7 Å². The van der Waals surface area contributed by atoms with Crippen LogP contribution in [0.2, 0.25) is 0 Å². The second-order valence-corrected chi connectivity index (χ2v) is 6.20. The standard InChI is InChI=1S/C15H17NO3S/c17-15(18)14-12(9-16-10-5-7-20-8-6-10)11-3-1-2-4-13(11)19-14/h1-4,10,16H,5-9H2,(H,17,18). The minimum absolute atomic E-state index is 0.0592. The van der Waals surface area contributed by atoms with Crippen molar-refractivity contribution in [3.63, 3.8) is 0 Å². The lowest BCUT2D eigenvalue weighted by atomic mass is 10.1. The molecule has 0 spiro atoms. The first-order valence-electron chi connectivity index (χ1n) is 6.80. The van der Waals surface area contributed by atoms with Gasteiger partial charge in [-0.3, -0.25) is 0 Å². The van der Waals surface area contributed by atoms with E-state index in [0.29, 0.717) is 18.2 Å². The highest BCUT2D eigenvalue weighted by Gasteiger charge is 2.21. The maximum atomic E-state index is 11.3. The molecule has 1 aliphatic heterocycles. The van der Waals surface area contributed by atoms with Crippen molar-refractivity contribution in [3.8, 4) is 0 Å². The molecule has 0 aliphatic carbocycles. The molecule has 1 fully saturated rings. The lowest BCUT2D eigenvalue weighted by molar-refractivity contribution is 0.0663. The number of para-hydroxylation sites is 1. The van der Waals surface area contributed by atoms with Gasteiger partial charge < -0.3 is 14.8 Å². The Kier molecular flexibility index (Phi) is 3.98. The van der Waals surface area contributed by atoms with Crippen molar-refractivity contribution in [2.45, 2.75) is 25.4 Å². The highest BCUT2D eigenvalue weighted by atomic mass is 32.2. The Hall–Kier alpha value is -1.46. The molecule has 20 heavy (non-hydrogen) atoms. The number of hydrogen-bond donors (Lipinski definition) is 2. The van der Waals surface area contributed by atoms with Gasteiger partial charge in [-0.2, -0.15) is 11.8 Å². The summed E-state index contributed by atoms with van der Waals surface area (Å²) in [6, 6.07) is 7.96. The van der Waals surface area contributed by atoms with Crippen molar-refractivity contribution in [2.24, 2.45) is 0 Å². The van der Waals surface area contributed by atoms with E-state index in [1.54, 1.807) is 0 Å². The second-order valence-electron chi connectivity index (χ2n) is 4.98. The molecule has 0 unspecified atom stereocenters. The molecule has 5 heteroatoms. The van der Waals surface area contributed by atoms with Crippen molar-refractivity contribution in [2.75, 3.05) is 11.5 Å². The number of benzene rings is 1. The van der Waals surface area contributed by atoms with Gasteiger partial charge in [0.2, 0.25) is 5.76 Å². The number of aromatic carboxylic acids is 1. The fourth-order valence-corrected chi connectivity index (χ4v) is 3.70. The zero-order valence-electron chi connectivity index (χ0n) is 11.1. The van der Waals surface area contributed by atoms with Gasteiger partial charge in [0.1, 0.15) is 5.58 Å². The van der Waals surface area contributed by atoms with Gasteiger partial charge in [-0.25, -0.2) is 4.79 Å². The lowest BCUT2D eigenvalue weighted by Gasteiger charge is -2.22. The number of carboxylic acids is 1. The number of rotatable bonds is 4. The van der Waals surface area contributed by atoms with Crippen LogP contribution in [-0.2, 0) is 6.54 Å².